The summed E-state index contributed by atoms with van der Waals surface area (Å²) in [6, 6.07) is 11.5. The van der Waals surface area contributed by atoms with Crippen LogP contribution in [0.25, 0.3) is 22.4 Å². The van der Waals surface area contributed by atoms with E-state index in [1.165, 1.54) is 0 Å². The van der Waals surface area contributed by atoms with Gasteiger partial charge in [0.25, 0.3) is 0 Å². The van der Waals surface area contributed by atoms with Crippen LogP contribution in [-0.2, 0) is 11.5 Å². The summed E-state index contributed by atoms with van der Waals surface area (Å²) in [5, 5.41) is 12.2. The van der Waals surface area contributed by atoms with Gasteiger partial charge in [-0.25, -0.2) is 15.0 Å². The highest BCUT2D eigenvalue weighted by molar-refractivity contribution is 7.98. The maximum atomic E-state index is 6.35. The molecular weight excluding hydrogens is 368 g/mol. The maximum absolute atomic E-state index is 6.35. The second kappa shape index (κ2) is 6.26. The molecule has 0 bridgehead atoms. The Hall–Kier alpha value is -2.64. The number of hydrogen-bond acceptors (Lipinski definition) is 6. The number of rotatable bonds is 3. The van der Waals surface area contributed by atoms with Crippen LogP contribution in [0, 0.1) is 0 Å². The SMILES string of the molecule is Clc1ccccc1-c1nc2c(c(Nc3[nH]nc4ncccc34)n1)CSC2. The highest BCUT2D eigenvalue weighted by Crippen LogP contribution is 2.37. The van der Waals surface area contributed by atoms with Gasteiger partial charge >= 0.3 is 0 Å². The summed E-state index contributed by atoms with van der Waals surface area (Å²) >= 11 is 8.18. The van der Waals surface area contributed by atoms with Gasteiger partial charge in [-0.15, -0.1) is 0 Å². The summed E-state index contributed by atoms with van der Waals surface area (Å²) in [7, 11) is 0. The minimum atomic E-state index is 0.626. The first-order valence-electron chi connectivity index (χ1n) is 8.08. The third-order valence-electron chi connectivity index (χ3n) is 4.27. The lowest BCUT2D eigenvalue weighted by atomic mass is 10.2. The van der Waals surface area contributed by atoms with Crippen LogP contribution >= 0.6 is 23.4 Å². The van der Waals surface area contributed by atoms with Gasteiger partial charge in [0, 0.05) is 28.8 Å². The smallest absolute Gasteiger partial charge is 0.183 e. The third-order valence-corrected chi connectivity index (χ3v) is 5.57. The van der Waals surface area contributed by atoms with E-state index in [1.54, 1.807) is 6.20 Å². The molecule has 1 aromatic carbocycles. The number of thioether (sulfide) groups is 1. The molecule has 26 heavy (non-hydrogen) atoms. The van der Waals surface area contributed by atoms with Crippen LogP contribution in [0.2, 0.25) is 5.02 Å². The summed E-state index contributed by atoms with van der Waals surface area (Å²) in [6.45, 7) is 0. The standard InChI is InChI=1S/C18H13ClN6S/c19-13-6-2-1-4-10(13)16-21-14-9-26-8-12(14)17(22-16)23-18-11-5-3-7-20-15(11)24-25-18/h1-7H,8-9H2,(H2,20,21,22,23,24,25). The van der Waals surface area contributed by atoms with Gasteiger partial charge < -0.3 is 5.32 Å². The Bertz CT molecular complexity index is 1130. The number of anilines is 2. The van der Waals surface area contributed by atoms with E-state index in [-0.39, 0.29) is 0 Å². The zero-order valence-electron chi connectivity index (χ0n) is 13.5. The lowest BCUT2D eigenvalue weighted by molar-refractivity contribution is 1.06. The Morgan fingerprint density at radius 3 is 2.92 bits per heavy atom. The fourth-order valence-electron chi connectivity index (χ4n) is 2.98. The first-order valence-corrected chi connectivity index (χ1v) is 9.61. The van der Waals surface area contributed by atoms with Crippen molar-refractivity contribution in [2.75, 3.05) is 5.32 Å². The number of benzene rings is 1. The topological polar surface area (TPSA) is 79.4 Å². The van der Waals surface area contributed by atoms with Gasteiger partial charge in [-0.1, -0.05) is 23.7 Å². The first kappa shape index (κ1) is 15.6. The van der Waals surface area contributed by atoms with E-state index in [9.17, 15) is 0 Å². The van der Waals surface area contributed by atoms with Crippen LogP contribution in [0.4, 0.5) is 11.6 Å². The number of aromatic amines is 1. The fourth-order valence-corrected chi connectivity index (χ4v) is 4.24. The number of aromatic nitrogens is 5. The number of nitrogens with zero attached hydrogens (tertiary/aromatic N) is 4. The van der Waals surface area contributed by atoms with Gasteiger partial charge in [-0.05, 0) is 24.3 Å². The molecular formula is C18H13ClN6S. The minimum Gasteiger partial charge on any atom is -0.324 e. The van der Waals surface area contributed by atoms with Gasteiger partial charge in [0.1, 0.15) is 11.6 Å². The average molecular weight is 381 g/mol. The van der Waals surface area contributed by atoms with Gasteiger partial charge in [0.2, 0.25) is 0 Å². The van der Waals surface area contributed by atoms with Crippen LogP contribution in [-0.4, -0.2) is 25.1 Å². The number of pyridine rings is 1. The normalized spacial score (nSPS) is 13.1. The van der Waals surface area contributed by atoms with Crippen LogP contribution in [0.3, 0.4) is 0 Å². The molecule has 0 radical (unpaired) electrons. The van der Waals surface area contributed by atoms with Crippen molar-refractivity contribution in [3.8, 4) is 11.4 Å². The number of nitrogens with one attached hydrogen (secondary N) is 2. The van der Waals surface area contributed by atoms with Crippen molar-refractivity contribution in [3.63, 3.8) is 0 Å². The van der Waals surface area contributed by atoms with Crippen molar-refractivity contribution in [1.29, 1.82) is 0 Å². The zero-order valence-corrected chi connectivity index (χ0v) is 15.1. The molecule has 1 aliphatic heterocycles. The van der Waals surface area contributed by atoms with Crippen LogP contribution in [0.1, 0.15) is 11.3 Å². The Balaban J connectivity index is 1.63. The summed E-state index contributed by atoms with van der Waals surface area (Å²) in [4.78, 5) is 13.8. The Morgan fingerprint density at radius 2 is 2.00 bits per heavy atom. The van der Waals surface area contributed by atoms with Crippen molar-refractivity contribution < 1.29 is 0 Å². The summed E-state index contributed by atoms with van der Waals surface area (Å²) in [5.74, 6) is 3.93. The Morgan fingerprint density at radius 1 is 1.08 bits per heavy atom. The zero-order chi connectivity index (χ0) is 17.5. The van der Waals surface area contributed by atoms with Crippen LogP contribution < -0.4 is 5.32 Å². The average Bonchev–Trinajstić information content (AvgIpc) is 3.29. The van der Waals surface area contributed by atoms with Crippen molar-refractivity contribution >= 4 is 46.0 Å². The van der Waals surface area contributed by atoms with E-state index < -0.39 is 0 Å². The van der Waals surface area contributed by atoms with Gasteiger partial charge in [0.05, 0.1) is 16.1 Å². The number of fused-ring (bicyclic) bond motifs is 2. The molecule has 0 spiro atoms. The van der Waals surface area contributed by atoms with Gasteiger partial charge in [-0.2, -0.15) is 16.9 Å². The van der Waals surface area contributed by atoms with Crippen LogP contribution in [0.15, 0.2) is 42.6 Å². The molecule has 2 N–H and O–H groups in total. The molecule has 128 valence electrons. The molecule has 3 aromatic heterocycles. The monoisotopic (exact) mass is 380 g/mol. The van der Waals surface area contributed by atoms with E-state index in [4.69, 9.17) is 21.6 Å². The first-order chi connectivity index (χ1) is 12.8. The van der Waals surface area contributed by atoms with Gasteiger partial charge in [0.15, 0.2) is 11.5 Å². The van der Waals surface area contributed by atoms with E-state index in [2.05, 4.69) is 20.5 Å². The molecule has 8 heteroatoms. The van der Waals surface area contributed by atoms with Crippen molar-refractivity contribution in [2.45, 2.75) is 11.5 Å². The fraction of sp³-hybridized carbons (Fsp3) is 0.111. The van der Waals surface area contributed by atoms with Gasteiger partial charge in [-0.3, -0.25) is 5.10 Å². The Labute approximate surface area is 158 Å². The molecule has 0 amide bonds. The lowest BCUT2D eigenvalue weighted by Crippen LogP contribution is -2.04. The van der Waals surface area contributed by atoms with E-state index >= 15 is 0 Å². The highest BCUT2D eigenvalue weighted by Gasteiger charge is 2.22. The predicted molar refractivity (Wildman–Crippen MR) is 105 cm³/mol. The number of halogens is 1. The van der Waals surface area contributed by atoms with Crippen molar-refractivity contribution in [3.05, 3.63) is 58.9 Å². The molecule has 5 rings (SSSR count). The molecule has 1 aliphatic rings. The second-order valence-corrected chi connectivity index (χ2v) is 7.28. The summed E-state index contributed by atoms with van der Waals surface area (Å²) < 4.78 is 0. The molecule has 0 saturated heterocycles. The molecule has 0 aliphatic carbocycles. The van der Waals surface area contributed by atoms with Crippen molar-refractivity contribution in [1.82, 2.24) is 25.1 Å². The second-order valence-electron chi connectivity index (χ2n) is 5.89. The largest absolute Gasteiger partial charge is 0.324 e. The molecule has 0 unspecified atom stereocenters. The minimum absolute atomic E-state index is 0.626. The quantitative estimate of drug-likeness (QED) is 0.542. The number of hydrogen-bond donors (Lipinski definition) is 2. The predicted octanol–water partition coefficient (Wildman–Crippen LogP) is 4.56. The molecule has 0 saturated carbocycles. The molecule has 4 aromatic rings. The molecule has 0 fully saturated rings. The van der Waals surface area contributed by atoms with E-state index in [1.807, 2.05) is 48.2 Å². The lowest BCUT2D eigenvalue weighted by Gasteiger charge is -2.11. The molecule has 6 nitrogen and oxygen atoms in total. The van der Waals surface area contributed by atoms with Crippen LogP contribution in [0.5, 0.6) is 0 Å². The summed E-state index contributed by atoms with van der Waals surface area (Å²) in [6.07, 6.45) is 1.72. The van der Waals surface area contributed by atoms with Crippen molar-refractivity contribution in [2.24, 2.45) is 0 Å². The van der Waals surface area contributed by atoms with E-state index in [0.29, 0.717) is 16.5 Å². The molecule has 0 atom stereocenters. The summed E-state index contributed by atoms with van der Waals surface area (Å²) in [5.41, 5.74) is 3.66. The highest BCUT2D eigenvalue weighted by atomic mass is 35.5. The maximum Gasteiger partial charge on any atom is 0.183 e. The third kappa shape index (κ3) is 2.60. The number of H-pyrrole nitrogens is 1. The Kier molecular flexibility index (Phi) is 3.76. The van der Waals surface area contributed by atoms with E-state index in [0.717, 1.165) is 45.3 Å². The molecule has 4 heterocycles.